The molecule has 0 atom stereocenters. The standard InChI is InChI=1S/C40H27ClN2O/c41-36-27-31(26-35-34-22-12-13-23-39(34)44-40(35)36)43(30-18-8-3-9-19-30)38-25-24-37(32-20-10-11-21-33(32)38)42(28-14-4-1-5-15-28)29-16-6-2-7-17-29/h1-27H. The number of hydrogen-bond acceptors (Lipinski definition) is 3. The van der Waals surface area contributed by atoms with Gasteiger partial charge in [-0.3, -0.25) is 0 Å². The van der Waals surface area contributed by atoms with Crippen molar-refractivity contribution in [2.45, 2.75) is 0 Å². The molecule has 0 saturated carbocycles. The fraction of sp³-hybridized carbons (Fsp3) is 0. The van der Waals surface area contributed by atoms with Crippen molar-refractivity contribution < 1.29 is 4.42 Å². The maximum atomic E-state index is 6.95. The molecular weight excluding hydrogens is 560 g/mol. The van der Waals surface area contributed by atoms with E-state index >= 15 is 0 Å². The zero-order chi connectivity index (χ0) is 29.5. The maximum absolute atomic E-state index is 6.95. The van der Waals surface area contributed by atoms with Crippen LogP contribution in [-0.4, -0.2) is 0 Å². The minimum Gasteiger partial charge on any atom is -0.454 e. The van der Waals surface area contributed by atoms with Gasteiger partial charge in [-0.2, -0.15) is 0 Å². The number of para-hydroxylation sites is 4. The van der Waals surface area contributed by atoms with Crippen LogP contribution in [0.1, 0.15) is 0 Å². The Labute approximate surface area is 260 Å². The van der Waals surface area contributed by atoms with E-state index in [1.54, 1.807) is 0 Å². The van der Waals surface area contributed by atoms with E-state index in [2.05, 4.69) is 143 Å². The second-order valence-corrected chi connectivity index (χ2v) is 11.1. The van der Waals surface area contributed by atoms with E-state index in [4.69, 9.17) is 16.0 Å². The number of rotatable bonds is 6. The summed E-state index contributed by atoms with van der Waals surface area (Å²) in [4.78, 5) is 4.61. The molecule has 4 heteroatoms. The van der Waals surface area contributed by atoms with E-state index in [1.807, 2.05) is 30.3 Å². The summed E-state index contributed by atoms with van der Waals surface area (Å²) in [5, 5.41) is 4.87. The average Bonchev–Trinajstić information content (AvgIpc) is 3.47. The summed E-state index contributed by atoms with van der Waals surface area (Å²) in [6.07, 6.45) is 0. The number of fused-ring (bicyclic) bond motifs is 4. The van der Waals surface area contributed by atoms with Crippen molar-refractivity contribution in [2.75, 3.05) is 9.80 Å². The minimum absolute atomic E-state index is 0.579. The van der Waals surface area contributed by atoms with Crippen LogP contribution < -0.4 is 9.80 Å². The zero-order valence-electron chi connectivity index (χ0n) is 23.8. The largest absolute Gasteiger partial charge is 0.454 e. The molecule has 0 saturated heterocycles. The molecule has 1 heterocycles. The van der Waals surface area contributed by atoms with Crippen LogP contribution in [0.25, 0.3) is 32.7 Å². The summed E-state index contributed by atoms with van der Waals surface area (Å²) < 4.78 is 6.17. The van der Waals surface area contributed by atoms with Crippen LogP contribution in [-0.2, 0) is 0 Å². The highest BCUT2D eigenvalue weighted by Crippen LogP contribution is 2.46. The number of furan rings is 1. The second-order valence-electron chi connectivity index (χ2n) is 10.7. The first-order chi connectivity index (χ1) is 21.8. The van der Waals surface area contributed by atoms with Crippen molar-refractivity contribution in [3.63, 3.8) is 0 Å². The first-order valence-corrected chi connectivity index (χ1v) is 15.0. The van der Waals surface area contributed by atoms with Gasteiger partial charge in [0.1, 0.15) is 5.58 Å². The van der Waals surface area contributed by atoms with Crippen molar-refractivity contribution in [1.82, 2.24) is 0 Å². The molecule has 0 N–H and O–H groups in total. The van der Waals surface area contributed by atoms with E-state index in [1.165, 1.54) is 0 Å². The molecule has 0 amide bonds. The number of anilines is 6. The van der Waals surface area contributed by atoms with Gasteiger partial charge in [-0.1, -0.05) is 109 Å². The Morgan fingerprint density at radius 1 is 0.386 bits per heavy atom. The second kappa shape index (κ2) is 11.0. The Hall–Kier alpha value is -5.51. The normalized spacial score (nSPS) is 11.3. The van der Waals surface area contributed by atoms with Crippen LogP contribution in [0, 0.1) is 0 Å². The Kier molecular flexibility index (Phi) is 6.51. The average molecular weight is 587 g/mol. The fourth-order valence-electron chi connectivity index (χ4n) is 6.14. The molecule has 210 valence electrons. The molecule has 3 nitrogen and oxygen atoms in total. The molecule has 0 aliphatic heterocycles. The molecular formula is C40H27ClN2O. The van der Waals surface area contributed by atoms with Gasteiger partial charge in [0.25, 0.3) is 0 Å². The molecule has 0 aliphatic rings. The van der Waals surface area contributed by atoms with Crippen LogP contribution in [0.4, 0.5) is 34.1 Å². The van der Waals surface area contributed by atoms with Crippen LogP contribution in [0.5, 0.6) is 0 Å². The lowest BCUT2D eigenvalue weighted by atomic mass is 10.0. The van der Waals surface area contributed by atoms with Gasteiger partial charge in [0.15, 0.2) is 5.58 Å². The predicted octanol–water partition coefficient (Wildman–Crippen LogP) is 12.3. The highest BCUT2D eigenvalue weighted by atomic mass is 35.5. The smallest absolute Gasteiger partial charge is 0.154 e. The van der Waals surface area contributed by atoms with Crippen molar-refractivity contribution in [3.8, 4) is 0 Å². The van der Waals surface area contributed by atoms with Crippen LogP contribution in [0.3, 0.4) is 0 Å². The van der Waals surface area contributed by atoms with Crippen molar-refractivity contribution >= 4 is 78.4 Å². The first kappa shape index (κ1) is 26.1. The molecule has 44 heavy (non-hydrogen) atoms. The van der Waals surface area contributed by atoms with Crippen molar-refractivity contribution in [1.29, 1.82) is 0 Å². The third-order valence-corrected chi connectivity index (χ3v) is 8.36. The van der Waals surface area contributed by atoms with Gasteiger partial charge < -0.3 is 14.2 Å². The predicted molar refractivity (Wildman–Crippen MR) is 186 cm³/mol. The summed E-state index contributed by atoms with van der Waals surface area (Å²) >= 11 is 6.95. The van der Waals surface area contributed by atoms with Gasteiger partial charge in [-0.05, 0) is 66.7 Å². The lowest BCUT2D eigenvalue weighted by Gasteiger charge is -2.30. The zero-order valence-corrected chi connectivity index (χ0v) is 24.5. The molecule has 0 radical (unpaired) electrons. The molecule has 0 unspecified atom stereocenters. The van der Waals surface area contributed by atoms with Gasteiger partial charge in [0.2, 0.25) is 0 Å². The van der Waals surface area contributed by atoms with Gasteiger partial charge in [-0.15, -0.1) is 0 Å². The van der Waals surface area contributed by atoms with Gasteiger partial charge >= 0.3 is 0 Å². The summed E-state index contributed by atoms with van der Waals surface area (Å²) in [6.45, 7) is 0. The topological polar surface area (TPSA) is 19.6 Å². The maximum Gasteiger partial charge on any atom is 0.154 e. The number of benzene rings is 7. The lowest BCUT2D eigenvalue weighted by Crippen LogP contribution is -2.13. The summed E-state index contributed by atoms with van der Waals surface area (Å²) in [7, 11) is 0. The molecule has 7 aromatic carbocycles. The van der Waals surface area contributed by atoms with Gasteiger partial charge in [0, 0.05) is 44.3 Å². The summed E-state index contributed by atoms with van der Waals surface area (Å²) in [6, 6.07) is 56.8. The van der Waals surface area contributed by atoms with E-state index in [0.29, 0.717) is 10.6 Å². The Balaban J connectivity index is 1.38. The monoisotopic (exact) mass is 586 g/mol. The van der Waals surface area contributed by atoms with Crippen LogP contribution in [0.2, 0.25) is 5.02 Å². The van der Waals surface area contributed by atoms with Crippen LogP contribution in [0.15, 0.2) is 168 Å². The Morgan fingerprint density at radius 2 is 0.818 bits per heavy atom. The molecule has 8 rings (SSSR count). The van der Waals surface area contributed by atoms with Crippen molar-refractivity contribution in [2.24, 2.45) is 0 Å². The third kappa shape index (κ3) is 4.46. The first-order valence-electron chi connectivity index (χ1n) is 14.6. The fourth-order valence-corrected chi connectivity index (χ4v) is 6.40. The Morgan fingerprint density at radius 3 is 1.34 bits per heavy atom. The van der Waals surface area contributed by atoms with E-state index in [0.717, 1.165) is 61.3 Å². The molecule has 0 aliphatic carbocycles. The summed E-state index contributed by atoms with van der Waals surface area (Å²) in [5.74, 6) is 0. The van der Waals surface area contributed by atoms with Crippen LogP contribution >= 0.6 is 11.6 Å². The highest BCUT2D eigenvalue weighted by molar-refractivity contribution is 6.36. The molecule has 8 aromatic rings. The van der Waals surface area contributed by atoms with E-state index in [-0.39, 0.29) is 0 Å². The number of hydrogen-bond donors (Lipinski definition) is 0. The quantitative estimate of drug-likeness (QED) is 0.193. The number of nitrogens with zero attached hydrogens (tertiary/aromatic N) is 2. The number of halogens is 1. The third-order valence-electron chi connectivity index (χ3n) is 8.08. The molecule has 0 spiro atoms. The van der Waals surface area contributed by atoms with Gasteiger partial charge in [-0.25, -0.2) is 0 Å². The minimum atomic E-state index is 0.579. The SMILES string of the molecule is Clc1cc(N(c2ccccc2)c2ccc(N(c3ccccc3)c3ccccc3)c3ccccc23)cc2c1oc1ccccc12. The molecule has 0 bridgehead atoms. The highest BCUT2D eigenvalue weighted by Gasteiger charge is 2.22. The molecule has 1 aromatic heterocycles. The van der Waals surface area contributed by atoms with Gasteiger partial charge in [0.05, 0.1) is 16.4 Å². The Bertz CT molecular complexity index is 2210. The van der Waals surface area contributed by atoms with E-state index < -0.39 is 0 Å². The summed E-state index contributed by atoms with van der Waals surface area (Å²) in [5.41, 5.74) is 7.87. The lowest BCUT2D eigenvalue weighted by molar-refractivity contribution is 0.669. The van der Waals surface area contributed by atoms with E-state index in [9.17, 15) is 0 Å². The molecule has 0 fully saturated rings. The van der Waals surface area contributed by atoms with Crippen molar-refractivity contribution in [3.05, 3.63) is 169 Å².